The van der Waals surface area contributed by atoms with Gasteiger partial charge in [0, 0.05) is 32.3 Å². The first-order valence-electron chi connectivity index (χ1n) is 5.44. The second kappa shape index (κ2) is 3.92. The Morgan fingerprint density at radius 2 is 2.12 bits per heavy atom. The van der Waals surface area contributed by atoms with Crippen LogP contribution < -0.4 is 5.43 Å². The van der Waals surface area contributed by atoms with Gasteiger partial charge in [-0.1, -0.05) is 6.92 Å². The third-order valence-corrected chi connectivity index (χ3v) is 3.25. The van der Waals surface area contributed by atoms with E-state index in [2.05, 4.69) is 5.43 Å². The molecular formula is C10H16F3N3. The SMILES string of the molecule is CCN1CCC2=C(C1)C(C(F)(F)F)N(C)N2. The molecule has 0 aromatic rings. The van der Waals surface area contributed by atoms with Crippen LogP contribution in [0.4, 0.5) is 13.2 Å². The maximum Gasteiger partial charge on any atom is 0.409 e. The molecule has 0 bridgehead atoms. The highest BCUT2D eigenvalue weighted by molar-refractivity contribution is 5.28. The molecule has 0 aliphatic carbocycles. The summed E-state index contributed by atoms with van der Waals surface area (Å²) in [6.45, 7) is 4.03. The number of nitrogens with zero attached hydrogens (tertiary/aromatic N) is 2. The van der Waals surface area contributed by atoms with Crippen LogP contribution in [0.2, 0.25) is 0 Å². The van der Waals surface area contributed by atoms with Crippen molar-refractivity contribution in [3.63, 3.8) is 0 Å². The van der Waals surface area contributed by atoms with E-state index in [1.165, 1.54) is 12.1 Å². The van der Waals surface area contributed by atoms with Crippen LogP contribution in [0.3, 0.4) is 0 Å². The lowest BCUT2D eigenvalue weighted by molar-refractivity contribution is -0.171. The monoisotopic (exact) mass is 235 g/mol. The minimum absolute atomic E-state index is 0.424. The quantitative estimate of drug-likeness (QED) is 0.740. The van der Waals surface area contributed by atoms with Crippen LogP contribution in [0.15, 0.2) is 11.3 Å². The predicted octanol–water partition coefficient (Wildman–Crippen LogP) is 1.35. The van der Waals surface area contributed by atoms with Crippen LogP contribution in [-0.2, 0) is 0 Å². The van der Waals surface area contributed by atoms with Gasteiger partial charge >= 0.3 is 6.18 Å². The van der Waals surface area contributed by atoms with Crippen LogP contribution in [0.1, 0.15) is 13.3 Å². The molecule has 0 saturated heterocycles. The number of halogens is 3. The molecule has 0 aromatic carbocycles. The molecule has 0 radical (unpaired) electrons. The maximum absolute atomic E-state index is 12.9. The first kappa shape index (κ1) is 11.7. The summed E-state index contributed by atoms with van der Waals surface area (Å²) in [6.07, 6.45) is -3.52. The Balaban J connectivity index is 2.23. The van der Waals surface area contributed by atoms with Crippen molar-refractivity contribution in [1.82, 2.24) is 15.3 Å². The van der Waals surface area contributed by atoms with Gasteiger partial charge in [-0.3, -0.25) is 4.90 Å². The Bertz CT molecular complexity index is 311. The molecule has 2 heterocycles. The highest BCUT2D eigenvalue weighted by Gasteiger charge is 2.50. The van der Waals surface area contributed by atoms with Crippen LogP contribution in [0, 0.1) is 0 Å². The third kappa shape index (κ3) is 1.91. The van der Waals surface area contributed by atoms with Crippen LogP contribution in [0.25, 0.3) is 0 Å². The Kier molecular flexibility index (Phi) is 2.88. The van der Waals surface area contributed by atoms with E-state index in [1.54, 1.807) is 0 Å². The summed E-state index contributed by atoms with van der Waals surface area (Å²) in [7, 11) is 1.45. The Morgan fingerprint density at radius 3 is 2.69 bits per heavy atom. The smallest absolute Gasteiger partial charge is 0.322 e. The second-order valence-corrected chi connectivity index (χ2v) is 4.29. The molecule has 6 heteroatoms. The lowest BCUT2D eigenvalue weighted by Crippen LogP contribution is -2.46. The standard InChI is InChI=1S/C10H16F3N3/c1-3-16-5-4-8-7(6-16)9(10(11,12)13)15(2)14-8/h9,14H,3-6H2,1-2H3. The van der Waals surface area contributed by atoms with Crippen molar-refractivity contribution in [2.45, 2.75) is 25.6 Å². The van der Waals surface area contributed by atoms with Crippen molar-refractivity contribution in [3.05, 3.63) is 11.3 Å². The number of alkyl halides is 3. The van der Waals surface area contributed by atoms with Gasteiger partial charge in [-0.05, 0) is 12.1 Å². The van der Waals surface area contributed by atoms with Gasteiger partial charge in [0.2, 0.25) is 0 Å². The van der Waals surface area contributed by atoms with Crippen LogP contribution in [0.5, 0.6) is 0 Å². The molecular weight excluding hydrogens is 219 g/mol. The average Bonchev–Trinajstić information content (AvgIpc) is 2.51. The minimum Gasteiger partial charge on any atom is -0.322 e. The van der Waals surface area contributed by atoms with E-state index >= 15 is 0 Å². The fourth-order valence-electron chi connectivity index (χ4n) is 2.42. The van der Waals surface area contributed by atoms with Gasteiger partial charge in [-0.25, -0.2) is 5.01 Å². The van der Waals surface area contributed by atoms with Crippen molar-refractivity contribution in [1.29, 1.82) is 0 Å². The van der Waals surface area contributed by atoms with E-state index in [0.717, 1.165) is 18.8 Å². The van der Waals surface area contributed by atoms with Gasteiger partial charge in [0.15, 0.2) is 0 Å². The van der Waals surface area contributed by atoms with E-state index in [0.29, 0.717) is 18.5 Å². The molecule has 2 rings (SSSR count). The van der Waals surface area contributed by atoms with E-state index in [9.17, 15) is 13.2 Å². The largest absolute Gasteiger partial charge is 0.409 e. The van der Waals surface area contributed by atoms with Gasteiger partial charge in [-0.2, -0.15) is 13.2 Å². The molecule has 0 aromatic heterocycles. The van der Waals surface area contributed by atoms with Gasteiger partial charge in [0.1, 0.15) is 6.04 Å². The van der Waals surface area contributed by atoms with E-state index in [1.807, 2.05) is 11.8 Å². The van der Waals surface area contributed by atoms with Crippen molar-refractivity contribution >= 4 is 0 Å². The van der Waals surface area contributed by atoms with Crippen molar-refractivity contribution in [2.24, 2.45) is 0 Å². The molecule has 1 unspecified atom stereocenters. The number of hydrazine groups is 1. The fourth-order valence-corrected chi connectivity index (χ4v) is 2.42. The Hall–Kier alpha value is -0.750. The number of rotatable bonds is 1. The van der Waals surface area contributed by atoms with Crippen LogP contribution in [-0.4, -0.2) is 48.8 Å². The summed E-state index contributed by atoms with van der Waals surface area (Å²) >= 11 is 0. The lowest BCUT2D eigenvalue weighted by Gasteiger charge is -2.29. The maximum atomic E-state index is 12.9. The van der Waals surface area contributed by atoms with Crippen LogP contribution >= 0.6 is 0 Å². The number of hydrogen-bond acceptors (Lipinski definition) is 3. The average molecular weight is 235 g/mol. The predicted molar refractivity (Wildman–Crippen MR) is 54.5 cm³/mol. The number of nitrogens with one attached hydrogen (secondary N) is 1. The summed E-state index contributed by atoms with van der Waals surface area (Å²) in [5.41, 5.74) is 4.07. The topological polar surface area (TPSA) is 18.5 Å². The summed E-state index contributed by atoms with van der Waals surface area (Å²) in [6, 6.07) is -1.46. The van der Waals surface area contributed by atoms with Gasteiger partial charge in [0.25, 0.3) is 0 Å². The first-order chi connectivity index (χ1) is 7.43. The number of likely N-dealkylation sites (N-methyl/N-ethyl adjacent to an activating group) is 2. The Morgan fingerprint density at radius 1 is 1.44 bits per heavy atom. The summed E-state index contributed by atoms with van der Waals surface area (Å²) in [5.74, 6) is 0. The summed E-state index contributed by atoms with van der Waals surface area (Å²) < 4.78 is 38.6. The van der Waals surface area contributed by atoms with E-state index in [-0.39, 0.29) is 0 Å². The van der Waals surface area contributed by atoms with Crippen molar-refractivity contribution < 1.29 is 13.2 Å². The van der Waals surface area contributed by atoms with Crippen molar-refractivity contribution in [3.8, 4) is 0 Å². The molecule has 1 N–H and O–H groups in total. The zero-order valence-electron chi connectivity index (χ0n) is 9.43. The molecule has 0 saturated carbocycles. The minimum atomic E-state index is -4.20. The van der Waals surface area contributed by atoms with Gasteiger partial charge in [-0.15, -0.1) is 0 Å². The molecule has 0 amide bonds. The zero-order chi connectivity index (χ0) is 11.9. The van der Waals surface area contributed by atoms with Gasteiger partial charge < -0.3 is 5.43 Å². The molecule has 2 aliphatic heterocycles. The molecule has 3 nitrogen and oxygen atoms in total. The van der Waals surface area contributed by atoms with Crippen molar-refractivity contribution in [2.75, 3.05) is 26.7 Å². The number of hydrogen-bond donors (Lipinski definition) is 1. The summed E-state index contributed by atoms with van der Waals surface area (Å²) in [4.78, 5) is 2.04. The first-order valence-corrected chi connectivity index (χ1v) is 5.44. The molecule has 16 heavy (non-hydrogen) atoms. The molecule has 0 spiro atoms. The summed E-state index contributed by atoms with van der Waals surface area (Å²) in [5, 5.41) is 1.17. The van der Waals surface area contributed by atoms with Gasteiger partial charge in [0.05, 0.1) is 0 Å². The van der Waals surface area contributed by atoms with E-state index in [4.69, 9.17) is 0 Å². The van der Waals surface area contributed by atoms with E-state index < -0.39 is 12.2 Å². The normalized spacial score (nSPS) is 28.2. The highest BCUT2D eigenvalue weighted by Crippen LogP contribution is 2.36. The molecule has 0 fully saturated rings. The highest BCUT2D eigenvalue weighted by atomic mass is 19.4. The third-order valence-electron chi connectivity index (χ3n) is 3.25. The fraction of sp³-hybridized carbons (Fsp3) is 0.800. The molecule has 92 valence electrons. The zero-order valence-corrected chi connectivity index (χ0v) is 9.43. The lowest BCUT2D eigenvalue weighted by atomic mass is 10.0. The molecule has 1 atom stereocenters. The second-order valence-electron chi connectivity index (χ2n) is 4.29. The molecule has 2 aliphatic rings. The Labute approximate surface area is 92.9 Å².